The van der Waals surface area contributed by atoms with E-state index in [1.165, 1.54) is 13.2 Å². The van der Waals surface area contributed by atoms with Crippen LogP contribution in [0, 0.1) is 11.3 Å². The molecule has 6 heteroatoms. The lowest BCUT2D eigenvalue weighted by molar-refractivity contribution is -0.117. The Hall–Kier alpha value is -3.46. The van der Waals surface area contributed by atoms with E-state index < -0.39 is 5.91 Å². The fourth-order valence-electron chi connectivity index (χ4n) is 2.26. The lowest BCUT2D eigenvalue weighted by Crippen LogP contribution is -2.23. The Morgan fingerprint density at radius 2 is 1.69 bits per heavy atom. The number of nitrogens with zero attached hydrogens (tertiary/aromatic N) is 1. The van der Waals surface area contributed by atoms with Gasteiger partial charge in [0, 0.05) is 18.2 Å². The van der Waals surface area contributed by atoms with Gasteiger partial charge in [-0.2, -0.15) is 5.26 Å². The summed E-state index contributed by atoms with van der Waals surface area (Å²) >= 11 is 0. The molecule has 6 nitrogen and oxygen atoms in total. The van der Waals surface area contributed by atoms with Gasteiger partial charge in [0.05, 0.1) is 21.3 Å². The van der Waals surface area contributed by atoms with Gasteiger partial charge in [-0.05, 0) is 35.9 Å². The van der Waals surface area contributed by atoms with Gasteiger partial charge in [-0.3, -0.25) is 4.79 Å². The Labute approximate surface area is 152 Å². The predicted molar refractivity (Wildman–Crippen MR) is 98.0 cm³/mol. The zero-order valence-corrected chi connectivity index (χ0v) is 14.9. The topological polar surface area (TPSA) is 80.6 Å². The molecule has 0 aliphatic carbocycles. The van der Waals surface area contributed by atoms with Gasteiger partial charge in [0.15, 0.2) is 0 Å². The van der Waals surface area contributed by atoms with Crippen LogP contribution < -0.4 is 19.5 Å². The first-order valence-electron chi connectivity index (χ1n) is 7.86. The van der Waals surface area contributed by atoms with Crippen molar-refractivity contribution >= 4 is 12.0 Å². The quantitative estimate of drug-likeness (QED) is 0.612. The van der Waals surface area contributed by atoms with Crippen LogP contribution in [-0.2, 0) is 11.3 Å². The summed E-state index contributed by atoms with van der Waals surface area (Å²) in [6.07, 6.45) is 1.49. The Bertz CT molecular complexity index is 836. The number of carbonyl (C=O) groups is 1. The maximum absolute atomic E-state index is 12.3. The zero-order valence-electron chi connectivity index (χ0n) is 14.9. The van der Waals surface area contributed by atoms with E-state index in [4.69, 9.17) is 14.2 Å². The Balaban J connectivity index is 2.12. The first-order chi connectivity index (χ1) is 12.6. The third-order valence-corrected chi connectivity index (χ3v) is 3.72. The minimum Gasteiger partial charge on any atom is -0.497 e. The van der Waals surface area contributed by atoms with Crippen LogP contribution in [-0.4, -0.2) is 27.2 Å². The Kier molecular flexibility index (Phi) is 6.63. The molecule has 0 saturated heterocycles. The molecule has 0 radical (unpaired) electrons. The molecule has 2 rings (SSSR count). The van der Waals surface area contributed by atoms with Crippen LogP contribution in [0.5, 0.6) is 17.2 Å². The molecule has 0 aliphatic rings. The standard InChI is InChI=1S/C20H20N2O4/c1-24-17-7-4-14(5-8-17)13-22-20(23)16(12-21)10-15-6-9-18(25-2)11-19(15)26-3/h4-11H,13H2,1-3H3,(H,22,23)/b16-10-. The Morgan fingerprint density at radius 3 is 2.27 bits per heavy atom. The third kappa shape index (κ3) is 4.77. The molecule has 0 fully saturated rings. The molecular formula is C20H20N2O4. The number of hydrogen-bond acceptors (Lipinski definition) is 5. The van der Waals surface area contributed by atoms with Crippen LogP contribution in [0.3, 0.4) is 0 Å². The van der Waals surface area contributed by atoms with Crippen molar-refractivity contribution in [2.24, 2.45) is 0 Å². The van der Waals surface area contributed by atoms with Crippen molar-refractivity contribution in [3.63, 3.8) is 0 Å². The van der Waals surface area contributed by atoms with Crippen molar-refractivity contribution in [3.05, 3.63) is 59.2 Å². The fraction of sp³-hybridized carbons (Fsp3) is 0.200. The zero-order chi connectivity index (χ0) is 18.9. The van der Waals surface area contributed by atoms with Gasteiger partial charge in [0.1, 0.15) is 28.9 Å². The molecule has 0 aromatic heterocycles. The molecule has 0 heterocycles. The molecule has 0 aliphatic heterocycles. The van der Waals surface area contributed by atoms with Crippen LogP contribution in [0.15, 0.2) is 48.0 Å². The normalized spacial score (nSPS) is 10.6. The second kappa shape index (κ2) is 9.14. The number of benzene rings is 2. The number of rotatable bonds is 7. The van der Waals surface area contributed by atoms with E-state index in [1.807, 2.05) is 30.3 Å². The van der Waals surface area contributed by atoms with Crippen molar-refractivity contribution in [2.75, 3.05) is 21.3 Å². The van der Waals surface area contributed by atoms with Gasteiger partial charge in [-0.15, -0.1) is 0 Å². The van der Waals surface area contributed by atoms with E-state index in [0.717, 1.165) is 11.3 Å². The minimum atomic E-state index is -0.457. The molecule has 1 amide bonds. The van der Waals surface area contributed by atoms with Crippen molar-refractivity contribution < 1.29 is 19.0 Å². The first kappa shape index (κ1) is 18.9. The van der Waals surface area contributed by atoms with Crippen LogP contribution >= 0.6 is 0 Å². The Morgan fingerprint density at radius 1 is 1.04 bits per heavy atom. The lowest BCUT2D eigenvalue weighted by atomic mass is 10.1. The van der Waals surface area contributed by atoms with E-state index in [0.29, 0.717) is 23.6 Å². The molecule has 26 heavy (non-hydrogen) atoms. The number of nitrogens with one attached hydrogen (secondary N) is 1. The summed E-state index contributed by atoms with van der Waals surface area (Å²) in [7, 11) is 4.66. The SMILES string of the molecule is COc1ccc(CNC(=O)/C(C#N)=C\c2ccc(OC)cc2OC)cc1. The third-order valence-electron chi connectivity index (χ3n) is 3.72. The largest absolute Gasteiger partial charge is 0.497 e. The summed E-state index contributed by atoms with van der Waals surface area (Å²) in [5.74, 6) is 1.42. The summed E-state index contributed by atoms with van der Waals surface area (Å²) in [6, 6.07) is 14.4. The van der Waals surface area contributed by atoms with E-state index in [2.05, 4.69) is 5.32 Å². The molecule has 0 saturated carbocycles. The molecule has 0 unspecified atom stereocenters. The monoisotopic (exact) mass is 352 g/mol. The number of amides is 1. The maximum atomic E-state index is 12.3. The van der Waals surface area contributed by atoms with Gasteiger partial charge >= 0.3 is 0 Å². The van der Waals surface area contributed by atoms with Crippen LogP contribution in [0.1, 0.15) is 11.1 Å². The van der Waals surface area contributed by atoms with Gasteiger partial charge < -0.3 is 19.5 Å². The maximum Gasteiger partial charge on any atom is 0.262 e. The van der Waals surface area contributed by atoms with Gasteiger partial charge in [-0.1, -0.05) is 12.1 Å². The van der Waals surface area contributed by atoms with E-state index >= 15 is 0 Å². The average molecular weight is 352 g/mol. The molecule has 2 aromatic carbocycles. The highest BCUT2D eigenvalue weighted by Crippen LogP contribution is 2.26. The smallest absolute Gasteiger partial charge is 0.262 e. The number of methoxy groups -OCH3 is 3. The highest BCUT2D eigenvalue weighted by Gasteiger charge is 2.11. The average Bonchev–Trinajstić information content (AvgIpc) is 2.70. The highest BCUT2D eigenvalue weighted by atomic mass is 16.5. The van der Waals surface area contributed by atoms with Crippen LogP contribution in [0.25, 0.3) is 6.08 Å². The predicted octanol–water partition coefficient (Wildman–Crippen LogP) is 2.94. The minimum absolute atomic E-state index is 0.0121. The van der Waals surface area contributed by atoms with Crippen LogP contribution in [0.4, 0.5) is 0 Å². The summed E-state index contributed by atoms with van der Waals surface area (Å²) in [5, 5.41) is 12.1. The summed E-state index contributed by atoms with van der Waals surface area (Å²) in [4.78, 5) is 12.3. The highest BCUT2D eigenvalue weighted by molar-refractivity contribution is 6.01. The number of hydrogen-bond donors (Lipinski definition) is 1. The summed E-state index contributed by atoms with van der Waals surface area (Å²) in [5.41, 5.74) is 1.50. The van der Waals surface area contributed by atoms with Gasteiger partial charge in [0.25, 0.3) is 5.91 Å². The van der Waals surface area contributed by atoms with E-state index in [1.54, 1.807) is 32.4 Å². The summed E-state index contributed by atoms with van der Waals surface area (Å²) < 4.78 is 15.5. The number of carbonyl (C=O) groups excluding carboxylic acids is 1. The first-order valence-corrected chi connectivity index (χ1v) is 7.86. The molecule has 134 valence electrons. The van der Waals surface area contributed by atoms with Crippen molar-refractivity contribution in [2.45, 2.75) is 6.54 Å². The fourth-order valence-corrected chi connectivity index (χ4v) is 2.26. The number of nitriles is 1. The van der Waals surface area contributed by atoms with Gasteiger partial charge in [0.2, 0.25) is 0 Å². The molecule has 0 spiro atoms. The van der Waals surface area contributed by atoms with Crippen LogP contribution in [0.2, 0.25) is 0 Å². The molecule has 1 N–H and O–H groups in total. The van der Waals surface area contributed by atoms with Gasteiger partial charge in [-0.25, -0.2) is 0 Å². The second-order valence-electron chi connectivity index (χ2n) is 5.31. The van der Waals surface area contributed by atoms with E-state index in [9.17, 15) is 10.1 Å². The summed E-state index contributed by atoms with van der Waals surface area (Å²) in [6.45, 7) is 0.307. The molecule has 2 aromatic rings. The molecule has 0 atom stereocenters. The number of ether oxygens (including phenoxy) is 3. The molecular weight excluding hydrogens is 332 g/mol. The second-order valence-corrected chi connectivity index (χ2v) is 5.31. The van der Waals surface area contributed by atoms with Crippen molar-refractivity contribution in [1.29, 1.82) is 5.26 Å². The van der Waals surface area contributed by atoms with Crippen molar-refractivity contribution in [3.8, 4) is 23.3 Å². The molecule has 0 bridgehead atoms. The van der Waals surface area contributed by atoms with Crippen molar-refractivity contribution in [1.82, 2.24) is 5.32 Å². The lowest BCUT2D eigenvalue weighted by Gasteiger charge is -2.09. The van der Waals surface area contributed by atoms with E-state index in [-0.39, 0.29) is 5.57 Å².